The standard InChI is InChI=1S/C36H34N2O/c1-5-27-23-31(17-15-25(27)3)37(32-18-16-26(4)28(6-2)24-32)29-19-21-30(22-20-29)38-33-11-7-9-13-35(33)39-36-14-10-8-12-34(36)38/h7-24H,5-6H2,1-4H3. The molecule has 0 atom stereocenters. The van der Waals surface area contributed by atoms with Gasteiger partial charge in [0.05, 0.1) is 11.4 Å². The van der Waals surface area contributed by atoms with Crippen molar-refractivity contribution in [1.29, 1.82) is 0 Å². The molecule has 0 N–H and O–H groups in total. The number of aryl methyl sites for hydroxylation is 4. The van der Waals surface area contributed by atoms with E-state index in [9.17, 15) is 0 Å². The predicted octanol–water partition coefficient (Wildman–Crippen LogP) is 10.5. The average molecular weight is 511 g/mol. The zero-order valence-electron chi connectivity index (χ0n) is 23.1. The molecule has 194 valence electrons. The lowest BCUT2D eigenvalue weighted by Gasteiger charge is -2.33. The highest BCUT2D eigenvalue weighted by Crippen LogP contribution is 2.50. The van der Waals surface area contributed by atoms with E-state index in [1.54, 1.807) is 0 Å². The van der Waals surface area contributed by atoms with Crippen LogP contribution in [0.3, 0.4) is 0 Å². The number of fused-ring (bicyclic) bond motifs is 2. The van der Waals surface area contributed by atoms with Gasteiger partial charge in [-0.3, -0.25) is 0 Å². The van der Waals surface area contributed by atoms with E-state index in [1.165, 1.54) is 33.6 Å². The van der Waals surface area contributed by atoms with Gasteiger partial charge in [0.2, 0.25) is 0 Å². The number of ether oxygens (including phenoxy) is 1. The van der Waals surface area contributed by atoms with Crippen molar-refractivity contribution < 1.29 is 4.74 Å². The molecule has 3 heteroatoms. The SMILES string of the molecule is CCc1cc(N(c2ccc(N3c4ccccc4Oc4ccccc43)cc2)c2ccc(C)c(CC)c2)ccc1C. The van der Waals surface area contributed by atoms with Crippen LogP contribution in [0.5, 0.6) is 11.5 Å². The largest absolute Gasteiger partial charge is 0.453 e. The smallest absolute Gasteiger partial charge is 0.151 e. The van der Waals surface area contributed by atoms with E-state index in [1.807, 2.05) is 24.3 Å². The van der Waals surface area contributed by atoms with Crippen molar-refractivity contribution in [3.8, 4) is 11.5 Å². The summed E-state index contributed by atoms with van der Waals surface area (Å²) in [5.74, 6) is 1.72. The quantitative estimate of drug-likeness (QED) is 0.222. The molecule has 0 unspecified atom stereocenters. The van der Waals surface area contributed by atoms with Crippen molar-refractivity contribution >= 4 is 34.1 Å². The number of benzene rings is 5. The molecule has 6 rings (SSSR count). The minimum absolute atomic E-state index is 0.861. The Morgan fingerprint density at radius 1 is 0.564 bits per heavy atom. The molecule has 0 amide bonds. The fourth-order valence-corrected chi connectivity index (χ4v) is 5.54. The summed E-state index contributed by atoms with van der Waals surface area (Å²) in [5, 5.41) is 0. The summed E-state index contributed by atoms with van der Waals surface area (Å²) >= 11 is 0. The monoisotopic (exact) mass is 510 g/mol. The second-order valence-corrected chi connectivity index (χ2v) is 10.2. The molecule has 3 nitrogen and oxygen atoms in total. The lowest BCUT2D eigenvalue weighted by Crippen LogP contribution is -2.16. The van der Waals surface area contributed by atoms with Gasteiger partial charge in [0.15, 0.2) is 11.5 Å². The van der Waals surface area contributed by atoms with Gasteiger partial charge in [0, 0.05) is 22.7 Å². The Hall–Kier alpha value is -4.50. The van der Waals surface area contributed by atoms with Crippen molar-refractivity contribution in [2.45, 2.75) is 40.5 Å². The van der Waals surface area contributed by atoms with Gasteiger partial charge in [-0.05, 0) is 122 Å². The number of hydrogen-bond donors (Lipinski definition) is 0. The zero-order chi connectivity index (χ0) is 26.9. The number of nitrogens with zero attached hydrogens (tertiary/aromatic N) is 2. The van der Waals surface area contributed by atoms with Crippen molar-refractivity contribution in [1.82, 2.24) is 0 Å². The topological polar surface area (TPSA) is 15.7 Å². The van der Waals surface area contributed by atoms with Gasteiger partial charge in [-0.2, -0.15) is 0 Å². The number of rotatable bonds is 6. The van der Waals surface area contributed by atoms with E-state index in [4.69, 9.17) is 4.74 Å². The van der Waals surface area contributed by atoms with E-state index in [-0.39, 0.29) is 0 Å². The van der Waals surface area contributed by atoms with E-state index in [2.05, 4.69) is 122 Å². The molecule has 5 aromatic carbocycles. The Morgan fingerprint density at radius 3 is 1.51 bits per heavy atom. The van der Waals surface area contributed by atoms with Gasteiger partial charge in [0.25, 0.3) is 0 Å². The van der Waals surface area contributed by atoms with Crippen LogP contribution in [0.2, 0.25) is 0 Å². The molecule has 0 spiro atoms. The molecule has 0 aromatic heterocycles. The van der Waals surface area contributed by atoms with Gasteiger partial charge >= 0.3 is 0 Å². The summed E-state index contributed by atoms with van der Waals surface area (Å²) in [4.78, 5) is 4.66. The minimum atomic E-state index is 0.861. The molecule has 5 aromatic rings. The summed E-state index contributed by atoms with van der Waals surface area (Å²) in [6.45, 7) is 8.84. The third-order valence-electron chi connectivity index (χ3n) is 7.74. The lowest BCUT2D eigenvalue weighted by atomic mass is 10.0. The molecule has 1 aliphatic heterocycles. The Labute approximate surface area is 231 Å². The molecule has 0 fully saturated rings. The highest BCUT2D eigenvalue weighted by molar-refractivity contribution is 5.87. The normalized spacial score (nSPS) is 11.9. The van der Waals surface area contributed by atoms with Crippen molar-refractivity contribution in [3.05, 3.63) is 131 Å². The molecule has 0 bridgehead atoms. The van der Waals surface area contributed by atoms with Gasteiger partial charge < -0.3 is 14.5 Å². The summed E-state index contributed by atoms with van der Waals surface area (Å²) in [5.41, 5.74) is 12.1. The van der Waals surface area contributed by atoms with Crippen LogP contribution < -0.4 is 14.5 Å². The fraction of sp³-hybridized carbons (Fsp3) is 0.167. The van der Waals surface area contributed by atoms with E-state index in [0.717, 1.165) is 47.1 Å². The average Bonchev–Trinajstić information content (AvgIpc) is 2.98. The van der Waals surface area contributed by atoms with Gasteiger partial charge in [-0.1, -0.05) is 50.2 Å². The zero-order valence-corrected chi connectivity index (χ0v) is 23.1. The van der Waals surface area contributed by atoms with Crippen LogP contribution in [-0.2, 0) is 12.8 Å². The van der Waals surface area contributed by atoms with E-state index < -0.39 is 0 Å². The van der Waals surface area contributed by atoms with Crippen molar-refractivity contribution in [2.75, 3.05) is 9.80 Å². The Bertz CT molecular complexity index is 1540. The maximum absolute atomic E-state index is 6.22. The van der Waals surface area contributed by atoms with Crippen LogP contribution >= 0.6 is 0 Å². The molecular formula is C36H34N2O. The van der Waals surface area contributed by atoms with Crippen molar-refractivity contribution in [2.24, 2.45) is 0 Å². The molecular weight excluding hydrogens is 476 g/mol. The lowest BCUT2D eigenvalue weighted by molar-refractivity contribution is 0.477. The van der Waals surface area contributed by atoms with Crippen LogP contribution in [-0.4, -0.2) is 0 Å². The summed E-state index contributed by atoms with van der Waals surface area (Å²) in [6.07, 6.45) is 2.02. The van der Waals surface area contributed by atoms with E-state index in [0.29, 0.717) is 0 Å². The summed E-state index contributed by atoms with van der Waals surface area (Å²) < 4.78 is 6.22. The first-order valence-electron chi connectivity index (χ1n) is 13.8. The third-order valence-corrected chi connectivity index (χ3v) is 7.74. The number of hydrogen-bond acceptors (Lipinski definition) is 3. The van der Waals surface area contributed by atoms with Gasteiger partial charge in [-0.25, -0.2) is 0 Å². The van der Waals surface area contributed by atoms with Crippen molar-refractivity contribution in [3.63, 3.8) is 0 Å². The van der Waals surface area contributed by atoms with Crippen LogP contribution in [0.4, 0.5) is 34.1 Å². The summed E-state index contributed by atoms with van der Waals surface area (Å²) in [6, 6.07) is 39.0. The second-order valence-electron chi connectivity index (χ2n) is 10.2. The van der Waals surface area contributed by atoms with Crippen LogP contribution in [0.1, 0.15) is 36.1 Å². The first-order valence-corrected chi connectivity index (χ1v) is 13.8. The molecule has 0 saturated carbocycles. The highest BCUT2D eigenvalue weighted by atomic mass is 16.5. The van der Waals surface area contributed by atoms with Gasteiger partial charge in [-0.15, -0.1) is 0 Å². The van der Waals surface area contributed by atoms with Crippen LogP contribution in [0.15, 0.2) is 109 Å². The number of para-hydroxylation sites is 4. The Balaban J connectivity index is 1.46. The van der Waals surface area contributed by atoms with Crippen LogP contribution in [0, 0.1) is 13.8 Å². The third kappa shape index (κ3) is 4.55. The molecule has 1 aliphatic rings. The molecule has 0 saturated heterocycles. The molecule has 0 radical (unpaired) electrons. The first-order chi connectivity index (χ1) is 19.1. The molecule has 0 aliphatic carbocycles. The highest BCUT2D eigenvalue weighted by Gasteiger charge is 2.25. The molecule has 39 heavy (non-hydrogen) atoms. The number of anilines is 6. The second kappa shape index (κ2) is 10.3. The Kier molecular flexibility index (Phi) is 6.58. The predicted molar refractivity (Wildman–Crippen MR) is 164 cm³/mol. The Morgan fingerprint density at radius 2 is 1.03 bits per heavy atom. The van der Waals surface area contributed by atoms with E-state index >= 15 is 0 Å². The maximum Gasteiger partial charge on any atom is 0.151 e. The van der Waals surface area contributed by atoms with Gasteiger partial charge in [0.1, 0.15) is 0 Å². The summed E-state index contributed by atoms with van der Waals surface area (Å²) in [7, 11) is 0. The fourth-order valence-electron chi connectivity index (χ4n) is 5.54. The van der Waals surface area contributed by atoms with Crippen LogP contribution in [0.25, 0.3) is 0 Å². The maximum atomic E-state index is 6.22. The molecule has 1 heterocycles. The first kappa shape index (κ1) is 24.8. The minimum Gasteiger partial charge on any atom is -0.453 e.